The summed E-state index contributed by atoms with van der Waals surface area (Å²) < 4.78 is 22.8. The molecule has 0 amide bonds. The van der Waals surface area contributed by atoms with Crippen LogP contribution in [0, 0.1) is 5.82 Å². The fourth-order valence-corrected chi connectivity index (χ4v) is 12.5. The minimum absolute atomic E-state index is 0.0886. The Balaban J connectivity index is 1.15. The average molecular weight is 706 g/mol. The van der Waals surface area contributed by atoms with Gasteiger partial charge in [-0.2, -0.15) is 4.52 Å². The standard InChI is InChI=1S/C39H44FN7OSSi/c1-6-33-37(45(5)38-43-34(27-49-38)28-17-19-29(40)20-18-28)47-35(42-33)21-22-36(44-47)46-24-23-41-30(25-46)26-48-50(39(2,3)4,31-13-9-7-10-14-31)32-15-11-8-12-16-32/h7-22,27,30,41H,6,23-26H2,1-5H3. The summed E-state index contributed by atoms with van der Waals surface area (Å²) in [5.41, 5.74) is 3.44. The molecule has 3 aromatic carbocycles. The van der Waals surface area contributed by atoms with E-state index in [0.717, 1.165) is 65.4 Å². The highest BCUT2D eigenvalue weighted by atomic mass is 32.1. The normalized spacial score (nSPS) is 15.5. The van der Waals surface area contributed by atoms with Crippen LogP contribution in [0.15, 0.2) is 102 Å². The van der Waals surface area contributed by atoms with Crippen molar-refractivity contribution in [1.29, 1.82) is 0 Å². The lowest BCUT2D eigenvalue weighted by Crippen LogP contribution is -2.68. The number of hydrogen-bond acceptors (Lipinski definition) is 8. The molecule has 7 rings (SSSR count). The van der Waals surface area contributed by atoms with Crippen LogP contribution in [-0.2, 0) is 10.8 Å². The third-order valence-corrected chi connectivity index (χ3v) is 15.5. The first-order valence-corrected chi connectivity index (χ1v) is 20.0. The van der Waals surface area contributed by atoms with Gasteiger partial charge in [-0.05, 0) is 58.2 Å². The Morgan fingerprint density at radius 3 is 2.26 bits per heavy atom. The molecule has 0 bridgehead atoms. The van der Waals surface area contributed by atoms with Crippen LogP contribution in [0.1, 0.15) is 33.4 Å². The maximum Gasteiger partial charge on any atom is 0.261 e. The zero-order valence-electron chi connectivity index (χ0n) is 29.3. The lowest BCUT2D eigenvalue weighted by Gasteiger charge is -2.44. The fourth-order valence-electron chi connectivity index (χ4n) is 7.09. The molecule has 1 aliphatic rings. The summed E-state index contributed by atoms with van der Waals surface area (Å²) in [6.07, 6.45) is 0.754. The number of nitrogens with zero attached hydrogens (tertiary/aromatic N) is 6. The van der Waals surface area contributed by atoms with Crippen molar-refractivity contribution in [2.24, 2.45) is 0 Å². The molecule has 0 spiro atoms. The number of benzene rings is 3. The van der Waals surface area contributed by atoms with Gasteiger partial charge in [-0.1, -0.05) is 88.4 Å². The van der Waals surface area contributed by atoms with Gasteiger partial charge in [0.1, 0.15) is 11.6 Å². The first-order chi connectivity index (χ1) is 24.2. The molecule has 0 radical (unpaired) electrons. The van der Waals surface area contributed by atoms with Crippen molar-refractivity contribution in [3.63, 3.8) is 0 Å². The summed E-state index contributed by atoms with van der Waals surface area (Å²) in [6.45, 7) is 12.1. The molecule has 8 nitrogen and oxygen atoms in total. The molecule has 1 saturated heterocycles. The van der Waals surface area contributed by atoms with Crippen molar-refractivity contribution >= 4 is 52.4 Å². The fraction of sp³-hybridized carbons (Fsp3) is 0.308. The van der Waals surface area contributed by atoms with Crippen LogP contribution in [-0.4, -0.2) is 67.2 Å². The highest BCUT2D eigenvalue weighted by Gasteiger charge is 2.50. The van der Waals surface area contributed by atoms with Gasteiger partial charge >= 0.3 is 0 Å². The predicted octanol–water partition coefficient (Wildman–Crippen LogP) is 6.68. The van der Waals surface area contributed by atoms with E-state index in [4.69, 9.17) is 19.5 Å². The van der Waals surface area contributed by atoms with Gasteiger partial charge in [-0.15, -0.1) is 16.4 Å². The summed E-state index contributed by atoms with van der Waals surface area (Å²) in [4.78, 5) is 14.2. The van der Waals surface area contributed by atoms with E-state index in [-0.39, 0.29) is 16.9 Å². The number of rotatable bonds is 10. The van der Waals surface area contributed by atoms with E-state index in [9.17, 15) is 4.39 Å². The number of nitrogens with one attached hydrogen (secondary N) is 1. The van der Waals surface area contributed by atoms with Crippen molar-refractivity contribution in [1.82, 2.24) is 24.9 Å². The number of aryl methyl sites for hydroxylation is 1. The molecule has 3 aromatic heterocycles. The van der Waals surface area contributed by atoms with Gasteiger partial charge in [0.25, 0.3) is 8.32 Å². The van der Waals surface area contributed by atoms with Gasteiger partial charge in [0.05, 0.1) is 18.0 Å². The highest BCUT2D eigenvalue weighted by molar-refractivity contribution is 7.14. The molecule has 258 valence electrons. The summed E-state index contributed by atoms with van der Waals surface area (Å²) in [6, 6.07) is 32.3. The molecule has 50 heavy (non-hydrogen) atoms. The van der Waals surface area contributed by atoms with E-state index in [2.05, 4.69) is 116 Å². The van der Waals surface area contributed by atoms with Gasteiger partial charge < -0.3 is 19.5 Å². The molecule has 0 saturated carbocycles. The highest BCUT2D eigenvalue weighted by Crippen LogP contribution is 2.37. The van der Waals surface area contributed by atoms with Crippen LogP contribution < -0.4 is 25.5 Å². The van der Waals surface area contributed by atoms with Crippen LogP contribution in [0.2, 0.25) is 5.04 Å². The molecule has 1 unspecified atom stereocenters. The maximum absolute atomic E-state index is 13.5. The third kappa shape index (κ3) is 6.46. The van der Waals surface area contributed by atoms with Gasteiger partial charge in [-0.3, -0.25) is 0 Å². The summed E-state index contributed by atoms with van der Waals surface area (Å²) in [7, 11) is -0.654. The minimum atomic E-state index is -2.66. The largest absolute Gasteiger partial charge is 0.406 e. The minimum Gasteiger partial charge on any atom is -0.406 e. The summed E-state index contributed by atoms with van der Waals surface area (Å²) >= 11 is 1.54. The Morgan fingerprint density at radius 2 is 1.62 bits per heavy atom. The zero-order chi connectivity index (χ0) is 34.9. The van der Waals surface area contributed by atoms with E-state index < -0.39 is 8.32 Å². The topological polar surface area (TPSA) is 70.8 Å². The van der Waals surface area contributed by atoms with Crippen LogP contribution >= 0.6 is 11.3 Å². The van der Waals surface area contributed by atoms with Crippen LogP contribution in [0.4, 0.5) is 21.2 Å². The van der Waals surface area contributed by atoms with Gasteiger partial charge in [0.15, 0.2) is 16.6 Å². The molecule has 6 aromatic rings. The second-order valence-electron chi connectivity index (χ2n) is 13.8. The maximum atomic E-state index is 13.5. The Hall–Kier alpha value is -4.42. The number of fused-ring (bicyclic) bond motifs is 1. The van der Waals surface area contributed by atoms with E-state index in [0.29, 0.717) is 6.61 Å². The molecule has 1 N–H and O–H groups in total. The molecule has 4 heterocycles. The number of aromatic nitrogens is 4. The van der Waals surface area contributed by atoms with Gasteiger partial charge in [0.2, 0.25) is 0 Å². The first kappa shape index (κ1) is 34.0. The van der Waals surface area contributed by atoms with Gasteiger partial charge in [-0.25, -0.2) is 14.4 Å². The van der Waals surface area contributed by atoms with Crippen LogP contribution in [0.25, 0.3) is 16.9 Å². The number of hydrogen-bond donors (Lipinski definition) is 1. The molecule has 1 atom stereocenters. The van der Waals surface area contributed by atoms with E-state index in [1.165, 1.54) is 22.5 Å². The quantitative estimate of drug-likeness (QED) is 0.160. The summed E-state index contributed by atoms with van der Waals surface area (Å²) in [5, 5.41) is 14.2. The first-order valence-electron chi connectivity index (χ1n) is 17.2. The zero-order valence-corrected chi connectivity index (χ0v) is 31.1. The number of imidazole rings is 1. The molecule has 1 aliphatic heterocycles. The van der Waals surface area contributed by atoms with Crippen molar-refractivity contribution < 1.29 is 8.82 Å². The lowest BCUT2D eigenvalue weighted by atomic mass is 10.2. The van der Waals surface area contributed by atoms with E-state index in [1.807, 2.05) is 16.9 Å². The Morgan fingerprint density at radius 1 is 0.940 bits per heavy atom. The SMILES string of the molecule is CCc1nc2ccc(N3CCNC(CO[Si](c4ccccc4)(c4ccccc4)C(C)(C)C)C3)nn2c1N(C)c1nc(-c2ccc(F)cc2)cs1. The Bertz CT molecular complexity index is 2010. The Labute approximate surface area is 298 Å². The van der Waals surface area contributed by atoms with E-state index in [1.54, 1.807) is 23.5 Å². The average Bonchev–Trinajstić information content (AvgIpc) is 3.78. The van der Waals surface area contributed by atoms with Crippen LogP contribution in [0.5, 0.6) is 0 Å². The number of halogens is 1. The second kappa shape index (κ2) is 14.1. The smallest absolute Gasteiger partial charge is 0.261 e. The van der Waals surface area contributed by atoms with Crippen molar-refractivity contribution in [3.8, 4) is 11.3 Å². The Kier molecular flexibility index (Phi) is 9.58. The molecule has 11 heteroatoms. The van der Waals surface area contributed by atoms with Crippen molar-refractivity contribution in [2.45, 2.75) is 45.2 Å². The molecule has 0 aliphatic carbocycles. The summed E-state index contributed by atoms with van der Waals surface area (Å²) in [5.74, 6) is 1.53. The lowest BCUT2D eigenvalue weighted by molar-refractivity contribution is 0.242. The molecular formula is C39H44FN7OSSi. The van der Waals surface area contributed by atoms with Gasteiger partial charge in [0, 0.05) is 43.7 Å². The number of anilines is 3. The number of piperazine rings is 1. The van der Waals surface area contributed by atoms with Crippen molar-refractivity contribution in [3.05, 3.63) is 114 Å². The second-order valence-corrected chi connectivity index (χ2v) is 19.0. The number of thiazole rings is 1. The molecule has 1 fully saturated rings. The van der Waals surface area contributed by atoms with Crippen LogP contribution in [0.3, 0.4) is 0 Å². The molecular weight excluding hydrogens is 662 g/mol. The van der Waals surface area contributed by atoms with Crippen molar-refractivity contribution in [2.75, 3.05) is 43.1 Å². The van der Waals surface area contributed by atoms with E-state index >= 15 is 0 Å². The monoisotopic (exact) mass is 705 g/mol. The third-order valence-electron chi connectivity index (χ3n) is 9.58. The predicted molar refractivity (Wildman–Crippen MR) is 206 cm³/mol.